The summed E-state index contributed by atoms with van der Waals surface area (Å²) < 4.78 is 16.1. The highest BCUT2D eigenvalue weighted by Crippen LogP contribution is 2.38. The zero-order valence-electron chi connectivity index (χ0n) is 15.3. The van der Waals surface area contributed by atoms with Gasteiger partial charge >= 0.3 is 0 Å². The van der Waals surface area contributed by atoms with Crippen LogP contribution in [0.2, 0.25) is 0 Å². The normalized spacial score (nSPS) is 15.5. The summed E-state index contributed by atoms with van der Waals surface area (Å²) in [5.74, 6) is 1.85. The monoisotopic (exact) mass is 335 g/mol. The minimum Gasteiger partial charge on any atom is -0.493 e. The molecule has 0 heterocycles. The van der Waals surface area contributed by atoms with E-state index in [1.807, 2.05) is 24.1 Å². The smallest absolute Gasteiger partial charge is 0.226 e. The van der Waals surface area contributed by atoms with Gasteiger partial charge in [0.15, 0.2) is 11.5 Å². The Kier molecular flexibility index (Phi) is 6.76. The number of likely N-dealkylation sites (N-methyl/N-ethyl adjacent to an activating group) is 1. The predicted molar refractivity (Wildman–Crippen MR) is 94.1 cm³/mol. The van der Waals surface area contributed by atoms with Gasteiger partial charge in [-0.25, -0.2) is 0 Å². The van der Waals surface area contributed by atoms with Crippen molar-refractivity contribution in [3.63, 3.8) is 0 Å². The highest BCUT2D eigenvalue weighted by Gasteiger charge is 2.22. The first-order valence-corrected chi connectivity index (χ1v) is 8.65. The van der Waals surface area contributed by atoms with E-state index in [0.29, 0.717) is 29.7 Å². The quantitative estimate of drug-likeness (QED) is 0.747. The van der Waals surface area contributed by atoms with Crippen LogP contribution in [-0.4, -0.2) is 45.2 Å². The van der Waals surface area contributed by atoms with Gasteiger partial charge in [0.2, 0.25) is 11.7 Å². The molecule has 1 aromatic rings. The number of carbonyl (C=O) groups is 1. The minimum absolute atomic E-state index is 0.135. The number of benzene rings is 1. The van der Waals surface area contributed by atoms with E-state index < -0.39 is 0 Å². The van der Waals surface area contributed by atoms with E-state index in [-0.39, 0.29) is 5.91 Å². The molecule has 0 unspecified atom stereocenters. The Labute approximate surface area is 144 Å². The number of hydrogen-bond donors (Lipinski definition) is 0. The van der Waals surface area contributed by atoms with Gasteiger partial charge in [0.25, 0.3) is 0 Å². The zero-order valence-corrected chi connectivity index (χ0v) is 15.3. The molecule has 24 heavy (non-hydrogen) atoms. The molecule has 1 amide bonds. The Morgan fingerprint density at radius 2 is 1.54 bits per heavy atom. The molecule has 2 rings (SSSR count). The molecule has 1 fully saturated rings. The molecule has 0 aromatic heterocycles. The van der Waals surface area contributed by atoms with Gasteiger partial charge in [-0.05, 0) is 30.5 Å². The lowest BCUT2D eigenvalue weighted by atomic mass is 10.1. The van der Waals surface area contributed by atoms with E-state index in [2.05, 4.69) is 0 Å². The second-order valence-electron chi connectivity index (χ2n) is 6.36. The fraction of sp³-hybridized carbons (Fsp3) is 0.632. The molecule has 134 valence electrons. The van der Waals surface area contributed by atoms with Gasteiger partial charge in [-0.15, -0.1) is 0 Å². The van der Waals surface area contributed by atoms with Crippen molar-refractivity contribution >= 4 is 5.91 Å². The van der Waals surface area contributed by atoms with Crippen molar-refractivity contribution in [3.05, 3.63) is 17.7 Å². The summed E-state index contributed by atoms with van der Waals surface area (Å²) in [6, 6.07) is 4.06. The number of nitrogens with zero attached hydrogens (tertiary/aromatic N) is 1. The van der Waals surface area contributed by atoms with E-state index in [1.165, 1.54) is 25.7 Å². The molecular weight excluding hydrogens is 306 g/mol. The van der Waals surface area contributed by atoms with Crippen molar-refractivity contribution in [1.82, 2.24) is 4.90 Å². The molecule has 0 N–H and O–H groups in total. The SMILES string of the molecule is COc1cc(CC(=O)N(C)C2CCCCCC2)cc(OC)c1OC. The van der Waals surface area contributed by atoms with E-state index in [0.717, 1.165) is 18.4 Å². The van der Waals surface area contributed by atoms with Crippen LogP contribution < -0.4 is 14.2 Å². The van der Waals surface area contributed by atoms with Crippen LogP contribution in [0.1, 0.15) is 44.1 Å². The molecule has 0 bridgehead atoms. The number of hydrogen-bond acceptors (Lipinski definition) is 4. The van der Waals surface area contributed by atoms with Crippen molar-refractivity contribution < 1.29 is 19.0 Å². The fourth-order valence-electron chi connectivity index (χ4n) is 3.39. The maximum absolute atomic E-state index is 12.7. The molecule has 0 spiro atoms. The predicted octanol–water partition coefficient (Wildman–Crippen LogP) is 3.44. The highest BCUT2D eigenvalue weighted by atomic mass is 16.5. The second kappa shape index (κ2) is 8.81. The third kappa shape index (κ3) is 4.34. The van der Waals surface area contributed by atoms with Crippen molar-refractivity contribution in [2.24, 2.45) is 0 Å². The molecular formula is C19H29NO4. The molecule has 0 radical (unpaired) electrons. The number of ether oxygens (including phenoxy) is 3. The maximum Gasteiger partial charge on any atom is 0.226 e. The summed E-state index contributed by atoms with van der Waals surface area (Å²) in [5, 5.41) is 0. The molecule has 0 saturated heterocycles. The number of amides is 1. The summed E-state index contributed by atoms with van der Waals surface area (Å²) in [7, 11) is 6.67. The van der Waals surface area contributed by atoms with E-state index in [9.17, 15) is 4.79 Å². The van der Waals surface area contributed by atoms with E-state index in [4.69, 9.17) is 14.2 Å². The maximum atomic E-state index is 12.7. The van der Waals surface area contributed by atoms with Gasteiger partial charge in [-0.3, -0.25) is 4.79 Å². The lowest BCUT2D eigenvalue weighted by molar-refractivity contribution is -0.131. The van der Waals surface area contributed by atoms with Crippen molar-refractivity contribution in [3.8, 4) is 17.2 Å². The van der Waals surface area contributed by atoms with Crippen LogP contribution >= 0.6 is 0 Å². The molecule has 5 nitrogen and oxygen atoms in total. The summed E-state index contributed by atoms with van der Waals surface area (Å²) in [4.78, 5) is 14.6. The fourth-order valence-corrected chi connectivity index (χ4v) is 3.39. The third-order valence-corrected chi connectivity index (χ3v) is 4.85. The Balaban J connectivity index is 2.12. The standard InChI is InChI=1S/C19H29NO4/c1-20(15-9-7-5-6-8-10-15)18(21)13-14-11-16(22-2)19(24-4)17(12-14)23-3/h11-12,15H,5-10,13H2,1-4H3. The Hall–Kier alpha value is -1.91. The number of methoxy groups -OCH3 is 3. The molecule has 1 aliphatic rings. The Bertz CT molecular complexity index is 525. The van der Waals surface area contributed by atoms with Crippen molar-refractivity contribution in [1.29, 1.82) is 0 Å². The average Bonchev–Trinajstić information content (AvgIpc) is 2.89. The van der Waals surface area contributed by atoms with E-state index in [1.54, 1.807) is 21.3 Å². The largest absolute Gasteiger partial charge is 0.493 e. The zero-order chi connectivity index (χ0) is 17.5. The molecule has 0 atom stereocenters. The lowest BCUT2D eigenvalue weighted by Crippen LogP contribution is -2.37. The second-order valence-corrected chi connectivity index (χ2v) is 6.36. The summed E-state index contributed by atoms with van der Waals surface area (Å²) in [5.41, 5.74) is 0.870. The minimum atomic E-state index is 0.135. The van der Waals surface area contributed by atoms with Gasteiger partial charge in [-0.2, -0.15) is 0 Å². The van der Waals surface area contributed by atoms with Crippen molar-refractivity contribution in [2.45, 2.75) is 51.0 Å². The summed E-state index contributed by atoms with van der Waals surface area (Å²) >= 11 is 0. The Morgan fingerprint density at radius 1 is 1.00 bits per heavy atom. The first kappa shape index (κ1) is 18.4. The average molecular weight is 335 g/mol. The van der Waals surface area contributed by atoms with Gasteiger partial charge in [0.1, 0.15) is 0 Å². The topological polar surface area (TPSA) is 48.0 Å². The van der Waals surface area contributed by atoms with Crippen LogP contribution in [0.5, 0.6) is 17.2 Å². The van der Waals surface area contributed by atoms with Gasteiger partial charge in [0, 0.05) is 13.1 Å². The van der Waals surface area contributed by atoms with Gasteiger partial charge in [0.05, 0.1) is 27.8 Å². The molecule has 1 aromatic carbocycles. The number of carbonyl (C=O) groups excluding carboxylic acids is 1. The van der Waals surface area contributed by atoms with Crippen LogP contribution in [0, 0.1) is 0 Å². The Morgan fingerprint density at radius 3 is 2.00 bits per heavy atom. The van der Waals surface area contributed by atoms with Crippen LogP contribution in [0.25, 0.3) is 0 Å². The number of rotatable bonds is 6. The molecule has 5 heteroatoms. The van der Waals surface area contributed by atoms with E-state index >= 15 is 0 Å². The van der Waals surface area contributed by atoms with Crippen molar-refractivity contribution in [2.75, 3.05) is 28.4 Å². The highest BCUT2D eigenvalue weighted by molar-refractivity contribution is 5.79. The van der Waals surface area contributed by atoms with Crippen LogP contribution in [0.4, 0.5) is 0 Å². The summed E-state index contributed by atoms with van der Waals surface area (Å²) in [6.07, 6.45) is 7.55. The summed E-state index contributed by atoms with van der Waals surface area (Å²) in [6.45, 7) is 0. The molecule has 1 aliphatic carbocycles. The lowest BCUT2D eigenvalue weighted by Gasteiger charge is -2.27. The van der Waals surface area contributed by atoms with Gasteiger partial charge < -0.3 is 19.1 Å². The molecule has 1 saturated carbocycles. The first-order chi connectivity index (χ1) is 11.6. The third-order valence-electron chi connectivity index (χ3n) is 4.85. The van der Waals surface area contributed by atoms with Gasteiger partial charge in [-0.1, -0.05) is 25.7 Å². The van der Waals surface area contributed by atoms with Crippen LogP contribution in [0.3, 0.4) is 0 Å². The van der Waals surface area contributed by atoms with Crippen LogP contribution in [-0.2, 0) is 11.2 Å². The first-order valence-electron chi connectivity index (χ1n) is 8.65. The van der Waals surface area contributed by atoms with Crippen LogP contribution in [0.15, 0.2) is 12.1 Å². The molecule has 0 aliphatic heterocycles.